The standard InChI is InChI=1S/C12H17F2NO3/c1-3-5-8(6-4-2)11(16)15-9(12(17)18)7-10(13)14/h3-4,8-10H,1-2,5-7H2,(H,15,16)(H,17,18). The number of aliphatic carboxylic acids is 1. The van der Waals surface area contributed by atoms with Gasteiger partial charge in [0.2, 0.25) is 12.3 Å². The smallest absolute Gasteiger partial charge is 0.326 e. The number of carbonyl (C=O) groups is 2. The minimum absolute atomic E-state index is 0.332. The lowest BCUT2D eigenvalue weighted by Gasteiger charge is -2.18. The Labute approximate surface area is 104 Å². The van der Waals surface area contributed by atoms with Crippen molar-refractivity contribution in [3.8, 4) is 0 Å². The normalized spacial score (nSPS) is 12.2. The highest BCUT2D eigenvalue weighted by Crippen LogP contribution is 2.12. The third-order valence-corrected chi connectivity index (χ3v) is 2.30. The quantitative estimate of drug-likeness (QED) is 0.624. The largest absolute Gasteiger partial charge is 0.480 e. The fourth-order valence-corrected chi connectivity index (χ4v) is 1.40. The van der Waals surface area contributed by atoms with Gasteiger partial charge in [0, 0.05) is 12.3 Å². The van der Waals surface area contributed by atoms with Gasteiger partial charge < -0.3 is 10.4 Å². The van der Waals surface area contributed by atoms with Crippen molar-refractivity contribution in [2.45, 2.75) is 31.7 Å². The van der Waals surface area contributed by atoms with Gasteiger partial charge in [0.1, 0.15) is 6.04 Å². The number of carboxylic acids is 1. The van der Waals surface area contributed by atoms with Crippen LogP contribution in [0.15, 0.2) is 25.3 Å². The van der Waals surface area contributed by atoms with Gasteiger partial charge in [-0.05, 0) is 12.8 Å². The van der Waals surface area contributed by atoms with E-state index in [4.69, 9.17) is 5.11 Å². The van der Waals surface area contributed by atoms with Gasteiger partial charge in [0.25, 0.3) is 0 Å². The first-order valence-electron chi connectivity index (χ1n) is 5.45. The van der Waals surface area contributed by atoms with E-state index in [1.165, 1.54) is 12.2 Å². The fraction of sp³-hybridized carbons (Fsp3) is 0.500. The Bertz CT molecular complexity index is 308. The molecule has 0 saturated carbocycles. The Balaban J connectivity index is 4.58. The molecule has 0 radical (unpaired) electrons. The molecule has 1 unspecified atom stereocenters. The zero-order valence-electron chi connectivity index (χ0n) is 9.94. The predicted molar refractivity (Wildman–Crippen MR) is 63.3 cm³/mol. The molecule has 102 valence electrons. The van der Waals surface area contributed by atoms with E-state index in [0.29, 0.717) is 12.8 Å². The molecule has 0 heterocycles. The van der Waals surface area contributed by atoms with Gasteiger partial charge in [-0.15, -0.1) is 13.2 Å². The van der Waals surface area contributed by atoms with Gasteiger partial charge in [0.05, 0.1) is 0 Å². The average Bonchev–Trinajstić information content (AvgIpc) is 2.27. The van der Waals surface area contributed by atoms with E-state index in [1.807, 2.05) is 0 Å². The van der Waals surface area contributed by atoms with Gasteiger partial charge in [-0.1, -0.05) is 12.2 Å². The molecule has 0 aliphatic rings. The van der Waals surface area contributed by atoms with E-state index in [9.17, 15) is 18.4 Å². The maximum absolute atomic E-state index is 12.1. The van der Waals surface area contributed by atoms with Gasteiger partial charge in [-0.2, -0.15) is 0 Å². The SMILES string of the molecule is C=CCC(CC=C)C(=O)NC(CC(F)F)C(=O)O. The number of nitrogens with one attached hydrogen (secondary N) is 1. The maximum atomic E-state index is 12.1. The van der Waals surface area contributed by atoms with Crippen molar-refractivity contribution < 1.29 is 23.5 Å². The molecule has 0 aromatic rings. The van der Waals surface area contributed by atoms with Crippen LogP contribution in [-0.2, 0) is 9.59 Å². The molecule has 0 aliphatic heterocycles. The first-order valence-corrected chi connectivity index (χ1v) is 5.45. The lowest BCUT2D eigenvalue weighted by molar-refractivity contribution is -0.143. The lowest BCUT2D eigenvalue weighted by atomic mass is 10.00. The zero-order valence-corrected chi connectivity index (χ0v) is 9.94. The fourth-order valence-electron chi connectivity index (χ4n) is 1.40. The molecule has 0 aromatic heterocycles. The first kappa shape index (κ1) is 16.3. The van der Waals surface area contributed by atoms with Crippen LogP contribution >= 0.6 is 0 Å². The summed E-state index contributed by atoms with van der Waals surface area (Å²) in [6.07, 6.45) is -0.00953. The summed E-state index contributed by atoms with van der Waals surface area (Å²) in [7, 11) is 0. The van der Waals surface area contributed by atoms with Crippen molar-refractivity contribution in [3.05, 3.63) is 25.3 Å². The van der Waals surface area contributed by atoms with Gasteiger partial charge in [0.15, 0.2) is 0 Å². The molecule has 0 rings (SSSR count). The Morgan fingerprint density at radius 2 is 1.72 bits per heavy atom. The molecule has 2 N–H and O–H groups in total. The van der Waals surface area contributed by atoms with Crippen molar-refractivity contribution in [2.75, 3.05) is 0 Å². The maximum Gasteiger partial charge on any atom is 0.326 e. The average molecular weight is 261 g/mol. The second kappa shape index (κ2) is 8.38. The van der Waals surface area contributed by atoms with Crippen molar-refractivity contribution in [1.82, 2.24) is 5.32 Å². The summed E-state index contributed by atoms with van der Waals surface area (Å²) in [6, 6.07) is -1.57. The number of carboxylic acid groups (broad SMARTS) is 1. The number of carbonyl (C=O) groups excluding carboxylic acids is 1. The molecule has 0 fully saturated rings. The second-order valence-corrected chi connectivity index (χ2v) is 3.77. The number of amides is 1. The third-order valence-electron chi connectivity index (χ3n) is 2.30. The van der Waals surface area contributed by atoms with Crippen molar-refractivity contribution in [1.29, 1.82) is 0 Å². The zero-order chi connectivity index (χ0) is 14.1. The first-order chi connectivity index (χ1) is 8.42. The molecule has 4 nitrogen and oxygen atoms in total. The number of hydrogen-bond acceptors (Lipinski definition) is 2. The highest BCUT2D eigenvalue weighted by Gasteiger charge is 2.26. The van der Waals surface area contributed by atoms with Crippen LogP contribution < -0.4 is 5.32 Å². The third kappa shape index (κ3) is 6.12. The van der Waals surface area contributed by atoms with Crippen LogP contribution in [0.1, 0.15) is 19.3 Å². The molecule has 6 heteroatoms. The molecule has 0 aliphatic carbocycles. The summed E-state index contributed by atoms with van der Waals surface area (Å²) in [6.45, 7) is 6.95. The highest BCUT2D eigenvalue weighted by molar-refractivity contribution is 5.85. The van der Waals surface area contributed by atoms with E-state index >= 15 is 0 Å². The Morgan fingerprint density at radius 3 is 2.06 bits per heavy atom. The predicted octanol–water partition coefficient (Wildman–Crippen LogP) is 1.98. The van der Waals surface area contributed by atoms with Gasteiger partial charge in [-0.3, -0.25) is 4.79 Å². The molecule has 1 atom stereocenters. The molecule has 0 saturated heterocycles. The van der Waals surface area contributed by atoms with Gasteiger partial charge in [-0.25, -0.2) is 13.6 Å². The van der Waals surface area contributed by atoms with E-state index in [0.717, 1.165) is 0 Å². The summed E-state index contributed by atoms with van der Waals surface area (Å²) in [5.74, 6) is -2.58. The lowest BCUT2D eigenvalue weighted by Crippen LogP contribution is -2.44. The molecule has 0 spiro atoms. The number of halogens is 2. The summed E-state index contributed by atoms with van der Waals surface area (Å²) in [5, 5.41) is 10.8. The van der Waals surface area contributed by atoms with Crippen molar-refractivity contribution in [3.63, 3.8) is 0 Å². The van der Waals surface area contributed by atoms with Crippen molar-refractivity contribution in [2.24, 2.45) is 5.92 Å². The monoisotopic (exact) mass is 261 g/mol. The second-order valence-electron chi connectivity index (χ2n) is 3.77. The van der Waals surface area contributed by atoms with Crippen LogP contribution in [0.4, 0.5) is 8.78 Å². The van der Waals surface area contributed by atoms with Crippen LogP contribution in [-0.4, -0.2) is 29.5 Å². The van der Waals surface area contributed by atoms with E-state index in [-0.39, 0.29) is 0 Å². The van der Waals surface area contributed by atoms with Crippen LogP contribution in [0.25, 0.3) is 0 Å². The van der Waals surface area contributed by atoms with Gasteiger partial charge >= 0.3 is 5.97 Å². The highest BCUT2D eigenvalue weighted by atomic mass is 19.3. The van der Waals surface area contributed by atoms with Crippen LogP contribution in [0, 0.1) is 5.92 Å². The summed E-state index contributed by atoms with van der Waals surface area (Å²) in [4.78, 5) is 22.4. The number of allylic oxidation sites excluding steroid dienone is 2. The number of hydrogen-bond donors (Lipinski definition) is 2. The van der Waals surface area contributed by atoms with E-state index < -0.39 is 36.7 Å². The van der Waals surface area contributed by atoms with Crippen LogP contribution in [0.2, 0.25) is 0 Å². The summed E-state index contributed by atoms with van der Waals surface area (Å²) >= 11 is 0. The molecule has 18 heavy (non-hydrogen) atoms. The topological polar surface area (TPSA) is 66.4 Å². The molecule has 0 aromatic carbocycles. The molecule has 1 amide bonds. The molecule has 0 bridgehead atoms. The van der Waals surface area contributed by atoms with E-state index in [2.05, 4.69) is 18.5 Å². The molecular formula is C12H17F2NO3. The Morgan fingerprint density at radius 1 is 1.22 bits per heavy atom. The summed E-state index contributed by atoms with van der Waals surface area (Å²) in [5.41, 5.74) is 0. The summed E-state index contributed by atoms with van der Waals surface area (Å²) < 4.78 is 24.3. The van der Waals surface area contributed by atoms with E-state index in [1.54, 1.807) is 0 Å². The number of alkyl halides is 2. The van der Waals surface area contributed by atoms with Crippen LogP contribution in [0.5, 0.6) is 0 Å². The Kier molecular flexibility index (Phi) is 7.58. The minimum atomic E-state index is -2.79. The van der Waals surface area contributed by atoms with Crippen molar-refractivity contribution >= 4 is 11.9 Å². The Hall–Kier alpha value is -1.72. The minimum Gasteiger partial charge on any atom is -0.480 e. The molecular weight excluding hydrogens is 244 g/mol. The number of rotatable bonds is 9. The van der Waals surface area contributed by atoms with Crippen LogP contribution in [0.3, 0.4) is 0 Å².